The minimum absolute atomic E-state index is 0.243. The van der Waals surface area contributed by atoms with Crippen molar-refractivity contribution < 1.29 is 4.74 Å². The van der Waals surface area contributed by atoms with Gasteiger partial charge in [-0.25, -0.2) is 0 Å². The molecule has 37 heavy (non-hydrogen) atoms. The lowest BCUT2D eigenvalue weighted by molar-refractivity contribution is 0.283. The minimum atomic E-state index is -1.78. The number of para-hydroxylation sites is 1. The lowest BCUT2D eigenvalue weighted by atomic mass is 10.0. The van der Waals surface area contributed by atoms with Crippen LogP contribution in [0, 0.1) is 0 Å². The maximum atomic E-state index is 7.22. The molecule has 1 aliphatic heterocycles. The highest BCUT2D eigenvalue weighted by molar-refractivity contribution is 6.92. The minimum Gasteiger partial charge on any atom is -0.441 e. The van der Waals surface area contributed by atoms with E-state index in [-0.39, 0.29) is 6.04 Å². The summed E-state index contributed by atoms with van der Waals surface area (Å²) in [6, 6.07) is 9.23. The van der Waals surface area contributed by atoms with Gasteiger partial charge in [0, 0.05) is 5.56 Å². The Kier molecular flexibility index (Phi) is 9.07. The van der Waals surface area contributed by atoms with Crippen molar-refractivity contribution in [2.45, 2.75) is 124 Å². The van der Waals surface area contributed by atoms with Gasteiger partial charge in [-0.2, -0.15) is 0 Å². The molecule has 0 bridgehead atoms. The summed E-state index contributed by atoms with van der Waals surface area (Å²) >= 11 is 0. The topological polar surface area (TPSA) is 19.0 Å². The van der Waals surface area contributed by atoms with Crippen LogP contribution in [0.15, 0.2) is 35.8 Å². The predicted octanol–water partition coefficient (Wildman–Crippen LogP) is 9.20. The van der Waals surface area contributed by atoms with E-state index in [1.165, 1.54) is 17.1 Å². The van der Waals surface area contributed by atoms with Crippen LogP contribution in [-0.4, -0.2) is 62.1 Å². The Morgan fingerprint density at radius 3 is 1.24 bits per heavy atom. The summed E-state index contributed by atoms with van der Waals surface area (Å²) in [5.41, 5.74) is 2.88. The predicted molar refractivity (Wildman–Crippen MR) is 182 cm³/mol. The van der Waals surface area contributed by atoms with Crippen LogP contribution in [0.25, 0.3) is 0 Å². The number of hydrogen-bond acceptors (Lipinski definition) is 4. The molecule has 4 nitrogen and oxygen atoms in total. The van der Waals surface area contributed by atoms with E-state index < -0.39 is 49.4 Å². The van der Waals surface area contributed by atoms with E-state index >= 15 is 0 Å². The van der Waals surface area contributed by atoms with E-state index in [1.54, 1.807) is 0 Å². The van der Waals surface area contributed by atoms with E-state index in [1.807, 2.05) is 0 Å². The summed E-state index contributed by atoms with van der Waals surface area (Å²) < 4.78 is 16.1. The van der Waals surface area contributed by atoms with Crippen LogP contribution in [0.4, 0.5) is 0 Å². The number of benzene rings is 1. The molecule has 0 amide bonds. The maximum absolute atomic E-state index is 7.22. The molecular weight excluding hydrogens is 551 g/mol. The Balaban J connectivity index is 3.25. The third-order valence-corrected chi connectivity index (χ3v) is 28.5. The molecule has 0 aliphatic carbocycles. The molecule has 212 valence electrons. The highest BCUT2D eigenvalue weighted by Gasteiger charge is 2.52. The second-order valence-electron chi connectivity index (χ2n) is 16.8. The summed E-state index contributed by atoms with van der Waals surface area (Å²) in [7, 11) is -10.6. The van der Waals surface area contributed by atoms with Crippen molar-refractivity contribution in [1.29, 1.82) is 0 Å². The number of fused-ring (bicyclic) bond motifs is 1. The first-order valence-corrected chi connectivity index (χ1v) is 34.8. The number of rotatable bonds is 9. The molecule has 0 aromatic heterocycles. The smallest absolute Gasteiger partial charge is 0.200 e. The van der Waals surface area contributed by atoms with E-state index in [2.05, 4.69) is 155 Å². The molecule has 10 heteroatoms. The van der Waals surface area contributed by atoms with Crippen LogP contribution >= 0.6 is 0 Å². The summed E-state index contributed by atoms with van der Waals surface area (Å²) in [5, 5.41) is 0. The normalized spacial score (nSPS) is 18.1. The van der Waals surface area contributed by atoms with Crippen LogP contribution in [-0.2, 0) is 0 Å². The van der Waals surface area contributed by atoms with E-state index in [4.69, 9.17) is 4.74 Å². The largest absolute Gasteiger partial charge is 0.441 e. The van der Waals surface area contributed by atoms with Gasteiger partial charge in [0.1, 0.15) is 55.2 Å². The standard InChI is InChI=1S/C27H59N3OSi6/c1-32(2,3)28(33(4,5)6)25-23-21-19-20-22-24(23)31-27(30(36(13,14)15)37(16,17)18)26(25)29(34(7,8)9)35(10,11)12/h19-22,25H,1-18H3. The average molecular weight is 610 g/mol. The Bertz CT molecular complexity index is 960. The van der Waals surface area contributed by atoms with Gasteiger partial charge >= 0.3 is 0 Å². The molecular formula is C27H59N3OSi6. The van der Waals surface area contributed by atoms with E-state index in [0.29, 0.717) is 0 Å². The Labute approximate surface area is 237 Å². The van der Waals surface area contributed by atoms with Crippen molar-refractivity contribution in [3.05, 3.63) is 41.4 Å². The van der Waals surface area contributed by atoms with Gasteiger partial charge in [-0.1, -0.05) is 136 Å². The number of ether oxygens (including phenoxy) is 1. The van der Waals surface area contributed by atoms with Crippen LogP contribution in [0.1, 0.15) is 11.6 Å². The highest BCUT2D eigenvalue weighted by atomic mass is 28.4. The van der Waals surface area contributed by atoms with Crippen LogP contribution in [0.2, 0.25) is 118 Å². The van der Waals surface area contributed by atoms with Gasteiger partial charge < -0.3 is 17.4 Å². The second kappa shape index (κ2) is 10.2. The summed E-state index contributed by atoms with van der Waals surface area (Å²) in [5.74, 6) is 2.27. The van der Waals surface area contributed by atoms with Crippen LogP contribution < -0.4 is 4.74 Å². The first-order valence-electron chi connectivity index (χ1n) is 14.1. The monoisotopic (exact) mass is 609 g/mol. The molecule has 0 radical (unpaired) electrons. The van der Waals surface area contributed by atoms with Gasteiger partial charge in [0.25, 0.3) is 0 Å². The highest BCUT2D eigenvalue weighted by Crippen LogP contribution is 2.50. The fourth-order valence-electron chi connectivity index (χ4n) is 6.98. The number of hydrogen-bond donors (Lipinski definition) is 0. The molecule has 1 aliphatic rings. The van der Waals surface area contributed by atoms with Gasteiger partial charge in [0.2, 0.25) is 0 Å². The SMILES string of the molecule is C[Si](C)(C)N(C1=C(N([Si](C)(C)C)[Si](C)(C)C)C(N([Si](C)(C)C)[Si](C)(C)C)c2ccccc2O1)[Si](C)(C)C. The fourth-order valence-corrected chi connectivity index (χ4v) is 36.6. The van der Waals surface area contributed by atoms with Gasteiger partial charge in [0.15, 0.2) is 5.88 Å². The maximum Gasteiger partial charge on any atom is 0.200 e. The molecule has 0 saturated heterocycles. The van der Waals surface area contributed by atoms with Gasteiger partial charge in [-0.15, -0.1) is 0 Å². The fraction of sp³-hybridized carbons (Fsp3) is 0.704. The lowest BCUT2D eigenvalue weighted by Gasteiger charge is -2.59. The molecule has 0 spiro atoms. The molecule has 2 rings (SSSR count). The first-order chi connectivity index (χ1) is 16.2. The summed E-state index contributed by atoms with van der Waals surface area (Å²) in [4.78, 5) is 0. The third kappa shape index (κ3) is 7.23. The van der Waals surface area contributed by atoms with Crippen molar-refractivity contribution >= 4 is 49.4 Å². The zero-order valence-electron chi connectivity index (χ0n) is 27.6. The van der Waals surface area contributed by atoms with Gasteiger partial charge in [-0.05, 0) is 6.07 Å². The van der Waals surface area contributed by atoms with Crippen LogP contribution in [0.3, 0.4) is 0 Å². The van der Waals surface area contributed by atoms with E-state index in [0.717, 1.165) is 5.75 Å². The van der Waals surface area contributed by atoms with Crippen molar-refractivity contribution in [3.63, 3.8) is 0 Å². The van der Waals surface area contributed by atoms with E-state index in [9.17, 15) is 0 Å². The third-order valence-electron chi connectivity index (χ3n) is 6.73. The van der Waals surface area contributed by atoms with Gasteiger partial charge in [0.05, 0.1) is 11.7 Å². The Morgan fingerprint density at radius 1 is 0.514 bits per heavy atom. The first kappa shape index (κ1) is 32.8. The molecule has 0 fully saturated rings. The molecule has 1 unspecified atom stereocenters. The van der Waals surface area contributed by atoms with Crippen molar-refractivity contribution in [1.82, 2.24) is 12.7 Å². The molecule has 0 N–H and O–H groups in total. The molecule has 1 aromatic rings. The molecule has 1 atom stereocenters. The quantitative estimate of drug-likeness (QED) is 0.260. The summed E-state index contributed by atoms with van der Waals surface area (Å²) in [6.07, 6.45) is 0. The van der Waals surface area contributed by atoms with Gasteiger partial charge in [-0.3, -0.25) is 0 Å². The number of nitrogens with zero attached hydrogens (tertiary/aromatic N) is 3. The zero-order valence-corrected chi connectivity index (χ0v) is 33.6. The summed E-state index contributed by atoms with van der Waals surface area (Å²) in [6.45, 7) is 45.7. The molecule has 0 saturated carbocycles. The van der Waals surface area contributed by atoms with Crippen molar-refractivity contribution in [2.75, 3.05) is 0 Å². The second-order valence-corrected chi connectivity index (χ2v) is 46.9. The Morgan fingerprint density at radius 2 is 0.892 bits per heavy atom. The molecule has 1 heterocycles. The zero-order chi connectivity index (χ0) is 29.2. The Hall–Kier alpha value is -0.379. The van der Waals surface area contributed by atoms with Crippen LogP contribution in [0.5, 0.6) is 5.75 Å². The molecule has 1 aromatic carbocycles. The van der Waals surface area contributed by atoms with Crippen molar-refractivity contribution in [3.8, 4) is 5.75 Å². The average Bonchev–Trinajstić information content (AvgIpc) is 2.57. The lowest BCUT2D eigenvalue weighted by Crippen LogP contribution is -2.68. The van der Waals surface area contributed by atoms with Crippen molar-refractivity contribution in [2.24, 2.45) is 0 Å².